The molecule has 0 atom stereocenters. The fraction of sp³-hybridized carbons (Fsp3) is 0.385. The maximum Gasteiger partial charge on any atom is 0.235 e. The first-order valence-electron chi connectivity index (χ1n) is 5.57. The first kappa shape index (κ1) is 12.2. The SMILES string of the molecule is COc1cc(O)c(C#N)cc1C1(N=C=O)CCC1. The Morgan fingerprint density at radius 3 is 2.67 bits per heavy atom. The van der Waals surface area contributed by atoms with Crippen LogP contribution in [0.25, 0.3) is 0 Å². The van der Waals surface area contributed by atoms with E-state index in [4.69, 9.17) is 10.00 Å². The summed E-state index contributed by atoms with van der Waals surface area (Å²) in [6.07, 6.45) is 3.97. The zero-order valence-corrected chi connectivity index (χ0v) is 9.93. The zero-order valence-electron chi connectivity index (χ0n) is 9.93. The molecule has 0 spiro atoms. The van der Waals surface area contributed by atoms with Crippen LogP contribution in [0.1, 0.15) is 30.4 Å². The van der Waals surface area contributed by atoms with E-state index in [1.165, 1.54) is 19.2 Å². The van der Waals surface area contributed by atoms with Crippen molar-refractivity contribution in [2.75, 3.05) is 7.11 Å². The van der Waals surface area contributed by atoms with Gasteiger partial charge in [-0.15, -0.1) is 0 Å². The normalized spacial score (nSPS) is 16.0. The van der Waals surface area contributed by atoms with Gasteiger partial charge in [0, 0.05) is 11.6 Å². The highest BCUT2D eigenvalue weighted by Gasteiger charge is 2.41. The van der Waals surface area contributed by atoms with Crippen LogP contribution in [0, 0.1) is 11.3 Å². The Morgan fingerprint density at radius 2 is 2.22 bits per heavy atom. The van der Waals surface area contributed by atoms with Crippen LogP contribution in [0.4, 0.5) is 0 Å². The molecule has 0 amide bonds. The molecule has 5 nitrogen and oxygen atoms in total. The van der Waals surface area contributed by atoms with Crippen LogP contribution >= 0.6 is 0 Å². The van der Waals surface area contributed by atoms with Crippen molar-refractivity contribution in [1.82, 2.24) is 0 Å². The van der Waals surface area contributed by atoms with E-state index in [0.717, 1.165) is 6.42 Å². The lowest BCUT2D eigenvalue weighted by molar-refractivity contribution is 0.245. The van der Waals surface area contributed by atoms with Crippen molar-refractivity contribution in [3.05, 3.63) is 23.3 Å². The van der Waals surface area contributed by atoms with E-state index in [0.29, 0.717) is 24.2 Å². The molecule has 0 aliphatic heterocycles. The van der Waals surface area contributed by atoms with Crippen LogP contribution in [0.2, 0.25) is 0 Å². The van der Waals surface area contributed by atoms with E-state index >= 15 is 0 Å². The van der Waals surface area contributed by atoms with Gasteiger partial charge in [0.2, 0.25) is 6.08 Å². The molecule has 92 valence electrons. The molecule has 1 N–H and O–H groups in total. The standard InChI is InChI=1S/C13H12N2O3/c1-18-12-6-11(17)9(7-14)5-10(12)13(15-8-16)3-2-4-13/h5-6,17H,2-4H2,1H3. The monoisotopic (exact) mass is 244 g/mol. The molecule has 2 rings (SSSR count). The van der Waals surface area contributed by atoms with Gasteiger partial charge in [0.25, 0.3) is 0 Å². The minimum absolute atomic E-state index is 0.136. The predicted octanol–water partition coefficient (Wildman–Crippen LogP) is 1.99. The summed E-state index contributed by atoms with van der Waals surface area (Å²) in [5.41, 5.74) is 0.166. The minimum atomic E-state index is -0.646. The average molecular weight is 244 g/mol. The topological polar surface area (TPSA) is 82.7 Å². The number of methoxy groups -OCH3 is 1. The summed E-state index contributed by atoms with van der Waals surface area (Å²) in [6.45, 7) is 0. The van der Waals surface area contributed by atoms with Gasteiger partial charge < -0.3 is 9.84 Å². The van der Waals surface area contributed by atoms with Crippen LogP contribution < -0.4 is 4.74 Å². The number of benzene rings is 1. The van der Waals surface area contributed by atoms with Gasteiger partial charge in [-0.25, -0.2) is 4.79 Å². The average Bonchev–Trinajstić information content (AvgIpc) is 2.33. The number of isocyanates is 1. The highest BCUT2D eigenvalue weighted by atomic mass is 16.5. The quantitative estimate of drug-likeness (QED) is 0.651. The van der Waals surface area contributed by atoms with Crippen molar-refractivity contribution in [2.24, 2.45) is 4.99 Å². The van der Waals surface area contributed by atoms with Gasteiger partial charge in [0.15, 0.2) is 0 Å². The smallest absolute Gasteiger partial charge is 0.235 e. The van der Waals surface area contributed by atoms with Crippen molar-refractivity contribution in [1.29, 1.82) is 5.26 Å². The lowest BCUT2D eigenvalue weighted by atomic mass is 9.71. The molecule has 5 heteroatoms. The number of hydrogen-bond donors (Lipinski definition) is 1. The molecule has 0 saturated heterocycles. The molecule has 0 bridgehead atoms. The summed E-state index contributed by atoms with van der Waals surface area (Å²) in [5.74, 6) is 0.299. The zero-order chi connectivity index (χ0) is 13.2. The molecule has 1 aromatic rings. The number of rotatable bonds is 3. The highest BCUT2D eigenvalue weighted by molar-refractivity contribution is 5.55. The van der Waals surface area contributed by atoms with Crippen molar-refractivity contribution >= 4 is 6.08 Å². The molecule has 0 unspecified atom stereocenters. The molecular formula is C13H12N2O3. The van der Waals surface area contributed by atoms with E-state index in [1.807, 2.05) is 6.07 Å². The van der Waals surface area contributed by atoms with Gasteiger partial charge in [-0.1, -0.05) is 0 Å². The van der Waals surface area contributed by atoms with Crippen LogP contribution in [0.15, 0.2) is 17.1 Å². The summed E-state index contributed by atoms with van der Waals surface area (Å²) in [7, 11) is 1.47. The van der Waals surface area contributed by atoms with Crippen LogP contribution in [-0.2, 0) is 10.3 Å². The largest absolute Gasteiger partial charge is 0.506 e. The predicted molar refractivity (Wildman–Crippen MR) is 63.0 cm³/mol. The third kappa shape index (κ3) is 1.73. The molecular weight excluding hydrogens is 232 g/mol. The third-order valence-electron chi connectivity index (χ3n) is 3.38. The van der Waals surface area contributed by atoms with Crippen molar-refractivity contribution in [2.45, 2.75) is 24.8 Å². The molecule has 0 heterocycles. The first-order valence-corrected chi connectivity index (χ1v) is 5.57. The number of nitrogens with zero attached hydrogens (tertiary/aromatic N) is 2. The van der Waals surface area contributed by atoms with Gasteiger partial charge >= 0.3 is 0 Å². The van der Waals surface area contributed by atoms with Gasteiger partial charge in [-0.05, 0) is 25.3 Å². The lowest BCUT2D eigenvalue weighted by Gasteiger charge is -2.37. The number of hydrogen-bond acceptors (Lipinski definition) is 5. The number of aromatic hydroxyl groups is 1. The number of carbonyl (C=O) groups excluding carboxylic acids is 1. The number of aliphatic imine (C=N–C) groups is 1. The second kappa shape index (κ2) is 4.52. The molecule has 0 aromatic heterocycles. The number of phenols is 1. The summed E-state index contributed by atoms with van der Waals surface area (Å²) in [5, 5.41) is 18.6. The second-order valence-corrected chi connectivity index (χ2v) is 4.27. The summed E-state index contributed by atoms with van der Waals surface area (Å²) >= 11 is 0. The van der Waals surface area contributed by atoms with Gasteiger partial charge in [-0.2, -0.15) is 10.3 Å². The number of nitriles is 1. The van der Waals surface area contributed by atoms with E-state index < -0.39 is 5.54 Å². The second-order valence-electron chi connectivity index (χ2n) is 4.27. The van der Waals surface area contributed by atoms with E-state index in [2.05, 4.69) is 4.99 Å². The Balaban J connectivity index is 2.62. The fourth-order valence-corrected chi connectivity index (χ4v) is 2.23. The highest BCUT2D eigenvalue weighted by Crippen LogP contribution is 2.49. The van der Waals surface area contributed by atoms with Crippen molar-refractivity contribution in [3.63, 3.8) is 0 Å². The van der Waals surface area contributed by atoms with Gasteiger partial charge in [-0.3, -0.25) is 0 Å². The molecule has 1 aliphatic carbocycles. The Labute approximate surface area is 104 Å². The minimum Gasteiger partial charge on any atom is -0.506 e. The lowest BCUT2D eigenvalue weighted by Crippen LogP contribution is -2.32. The molecule has 1 saturated carbocycles. The summed E-state index contributed by atoms with van der Waals surface area (Å²) in [4.78, 5) is 14.4. The molecule has 1 aromatic carbocycles. The maximum absolute atomic E-state index is 10.6. The maximum atomic E-state index is 10.6. The van der Waals surface area contributed by atoms with Crippen LogP contribution in [-0.4, -0.2) is 18.3 Å². The Morgan fingerprint density at radius 1 is 1.50 bits per heavy atom. The number of ether oxygens (including phenoxy) is 1. The molecule has 1 aliphatic rings. The molecule has 0 radical (unpaired) electrons. The van der Waals surface area contributed by atoms with Gasteiger partial charge in [0.05, 0.1) is 12.7 Å². The van der Waals surface area contributed by atoms with E-state index in [9.17, 15) is 9.90 Å². The number of phenolic OH excluding ortho intramolecular Hbond substituents is 1. The fourth-order valence-electron chi connectivity index (χ4n) is 2.23. The molecule has 18 heavy (non-hydrogen) atoms. The Kier molecular flexibility index (Phi) is 3.05. The van der Waals surface area contributed by atoms with Crippen molar-refractivity contribution < 1.29 is 14.6 Å². The summed E-state index contributed by atoms with van der Waals surface area (Å²) in [6, 6.07) is 4.82. The van der Waals surface area contributed by atoms with Crippen LogP contribution in [0.5, 0.6) is 11.5 Å². The first-order chi connectivity index (χ1) is 8.66. The Bertz CT molecular complexity index is 564. The van der Waals surface area contributed by atoms with Crippen molar-refractivity contribution in [3.8, 4) is 17.6 Å². The third-order valence-corrected chi connectivity index (χ3v) is 3.38. The van der Waals surface area contributed by atoms with Crippen LogP contribution in [0.3, 0.4) is 0 Å². The van der Waals surface area contributed by atoms with E-state index in [1.54, 1.807) is 6.08 Å². The van der Waals surface area contributed by atoms with E-state index in [-0.39, 0.29) is 11.3 Å². The molecule has 1 fully saturated rings. The summed E-state index contributed by atoms with van der Waals surface area (Å²) < 4.78 is 5.19. The Hall–Kier alpha value is -2.31. The van der Waals surface area contributed by atoms with Gasteiger partial charge in [0.1, 0.15) is 23.1 Å².